The van der Waals surface area contributed by atoms with Gasteiger partial charge in [0, 0.05) is 19.2 Å². The van der Waals surface area contributed by atoms with E-state index in [1.165, 1.54) is 19.3 Å². The first-order valence-electron chi connectivity index (χ1n) is 8.05. The quantitative estimate of drug-likeness (QED) is 0.417. The van der Waals surface area contributed by atoms with Gasteiger partial charge in [0.25, 0.3) is 0 Å². The van der Waals surface area contributed by atoms with E-state index in [4.69, 9.17) is 14.2 Å². The summed E-state index contributed by atoms with van der Waals surface area (Å²) < 4.78 is 16.4. The van der Waals surface area contributed by atoms with E-state index < -0.39 is 0 Å². The fraction of sp³-hybridized carbons (Fsp3) is 0.875. The molecule has 0 bridgehead atoms. The van der Waals surface area contributed by atoms with Crippen LogP contribution in [-0.4, -0.2) is 52.2 Å². The van der Waals surface area contributed by atoms with Gasteiger partial charge >= 0.3 is 0 Å². The molecule has 20 heavy (non-hydrogen) atoms. The minimum Gasteiger partial charge on any atom is -0.379 e. The number of unbranched alkanes of at least 4 members (excludes halogenated alkanes) is 1. The van der Waals surface area contributed by atoms with E-state index in [9.17, 15) is 0 Å². The summed E-state index contributed by atoms with van der Waals surface area (Å²) in [6.07, 6.45) is 10.4. The predicted octanol–water partition coefficient (Wildman–Crippen LogP) is 2.53. The van der Waals surface area contributed by atoms with Gasteiger partial charge in [0.2, 0.25) is 0 Å². The normalized spacial score (nSPS) is 18.6. The molecule has 0 fully saturated rings. The van der Waals surface area contributed by atoms with Gasteiger partial charge in [-0.15, -0.1) is 0 Å². The molecule has 0 saturated heterocycles. The zero-order valence-electron chi connectivity index (χ0n) is 12.9. The number of ether oxygens (including phenoxy) is 3. The lowest BCUT2D eigenvalue weighted by Gasteiger charge is -2.19. The Morgan fingerprint density at radius 3 is 2.30 bits per heavy atom. The van der Waals surface area contributed by atoms with Crippen molar-refractivity contribution in [2.24, 2.45) is 0 Å². The summed E-state index contributed by atoms with van der Waals surface area (Å²) in [6.45, 7) is 7.38. The zero-order valence-corrected chi connectivity index (χ0v) is 12.9. The fourth-order valence-corrected chi connectivity index (χ4v) is 2.10. The molecule has 0 aromatic rings. The number of nitrogens with one attached hydrogen (secondary N) is 1. The lowest BCUT2D eigenvalue weighted by molar-refractivity contribution is 0.0143. The second-order valence-electron chi connectivity index (χ2n) is 5.13. The van der Waals surface area contributed by atoms with Crippen LogP contribution in [0.1, 0.15) is 39.0 Å². The fourth-order valence-electron chi connectivity index (χ4n) is 2.10. The van der Waals surface area contributed by atoms with Gasteiger partial charge < -0.3 is 19.5 Å². The highest BCUT2D eigenvalue weighted by Gasteiger charge is 2.07. The molecule has 0 amide bonds. The van der Waals surface area contributed by atoms with Gasteiger partial charge in [-0.3, -0.25) is 0 Å². The van der Waals surface area contributed by atoms with Crippen LogP contribution in [0.15, 0.2) is 12.2 Å². The second-order valence-corrected chi connectivity index (χ2v) is 5.13. The first kappa shape index (κ1) is 17.6. The second kappa shape index (κ2) is 13.6. The van der Waals surface area contributed by atoms with Crippen molar-refractivity contribution in [3.63, 3.8) is 0 Å². The highest BCUT2D eigenvalue weighted by Crippen LogP contribution is 2.09. The maximum atomic E-state index is 5.52. The van der Waals surface area contributed by atoms with Crippen molar-refractivity contribution in [3.8, 4) is 0 Å². The maximum Gasteiger partial charge on any atom is 0.0701 e. The Balaban J connectivity index is 1.71. The summed E-state index contributed by atoms with van der Waals surface area (Å²) in [5, 5.41) is 3.52. The van der Waals surface area contributed by atoms with Crippen LogP contribution in [0, 0.1) is 0 Å². The van der Waals surface area contributed by atoms with Crippen LogP contribution in [0.5, 0.6) is 0 Å². The summed E-state index contributed by atoms with van der Waals surface area (Å²) in [5.74, 6) is 0. The standard InChI is InChI=1S/C16H31NO3/c1-2-3-10-18-12-14-20-15-13-19-11-9-17-16-7-5-4-6-8-16/h4-5,16-17H,2-3,6-15H2,1H3. The highest BCUT2D eigenvalue weighted by atomic mass is 16.5. The zero-order chi connectivity index (χ0) is 14.3. The van der Waals surface area contributed by atoms with Crippen LogP contribution in [0.25, 0.3) is 0 Å². The Morgan fingerprint density at radius 1 is 0.950 bits per heavy atom. The first-order chi connectivity index (χ1) is 9.93. The monoisotopic (exact) mass is 285 g/mol. The molecule has 1 atom stereocenters. The third kappa shape index (κ3) is 10.4. The molecule has 0 aromatic carbocycles. The van der Waals surface area contributed by atoms with Crippen LogP contribution in [-0.2, 0) is 14.2 Å². The molecule has 0 heterocycles. The molecule has 1 aliphatic rings. The van der Waals surface area contributed by atoms with Crippen molar-refractivity contribution in [1.29, 1.82) is 0 Å². The van der Waals surface area contributed by atoms with Crippen LogP contribution in [0.4, 0.5) is 0 Å². The van der Waals surface area contributed by atoms with Crippen molar-refractivity contribution in [2.75, 3.05) is 46.2 Å². The highest BCUT2D eigenvalue weighted by molar-refractivity contribution is 4.92. The molecule has 0 aromatic heterocycles. The molecule has 1 N–H and O–H groups in total. The van der Waals surface area contributed by atoms with E-state index in [1.807, 2.05) is 0 Å². The molecule has 118 valence electrons. The molecule has 4 heteroatoms. The minimum atomic E-state index is 0.639. The molecular formula is C16H31NO3. The summed E-state index contributed by atoms with van der Waals surface area (Å²) in [5.41, 5.74) is 0. The number of allylic oxidation sites excluding steroid dienone is 1. The van der Waals surface area contributed by atoms with Gasteiger partial charge in [0.15, 0.2) is 0 Å². The van der Waals surface area contributed by atoms with Crippen LogP contribution >= 0.6 is 0 Å². The van der Waals surface area contributed by atoms with Gasteiger partial charge in [0.05, 0.1) is 33.0 Å². The summed E-state index contributed by atoms with van der Waals surface area (Å²) in [4.78, 5) is 0. The van der Waals surface area contributed by atoms with E-state index in [1.54, 1.807) is 0 Å². The molecule has 0 radical (unpaired) electrons. The van der Waals surface area contributed by atoms with Gasteiger partial charge in [0.1, 0.15) is 0 Å². The average Bonchev–Trinajstić information content (AvgIpc) is 2.49. The molecule has 1 unspecified atom stereocenters. The lowest BCUT2D eigenvalue weighted by Crippen LogP contribution is -2.32. The smallest absolute Gasteiger partial charge is 0.0701 e. The largest absolute Gasteiger partial charge is 0.379 e. The van der Waals surface area contributed by atoms with E-state index >= 15 is 0 Å². The summed E-state index contributed by atoms with van der Waals surface area (Å²) in [6, 6.07) is 0.639. The number of hydrogen-bond donors (Lipinski definition) is 1. The molecule has 1 aliphatic carbocycles. The van der Waals surface area contributed by atoms with E-state index in [2.05, 4.69) is 24.4 Å². The van der Waals surface area contributed by atoms with E-state index in [0.29, 0.717) is 32.5 Å². The van der Waals surface area contributed by atoms with Gasteiger partial charge in [-0.1, -0.05) is 25.5 Å². The first-order valence-corrected chi connectivity index (χ1v) is 8.05. The Bertz CT molecular complexity index is 234. The van der Waals surface area contributed by atoms with E-state index in [0.717, 1.165) is 32.6 Å². The Hall–Kier alpha value is -0.420. The summed E-state index contributed by atoms with van der Waals surface area (Å²) >= 11 is 0. The predicted molar refractivity (Wildman–Crippen MR) is 82.1 cm³/mol. The number of hydrogen-bond acceptors (Lipinski definition) is 4. The third-order valence-corrected chi connectivity index (χ3v) is 3.33. The molecule has 4 nitrogen and oxygen atoms in total. The Kier molecular flexibility index (Phi) is 12.0. The van der Waals surface area contributed by atoms with Crippen molar-refractivity contribution in [2.45, 2.75) is 45.1 Å². The summed E-state index contributed by atoms with van der Waals surface area (Å²) in [7, 11) is 0. The number of rotatable bonds is 13. The van der Waals surface area contributed by atoms with E-state index in [-0.39, 0.29) is 0 Å². The van der Waals surface area contributed by atoms with Gasteiger partial charge in [-0.05, 0) is 25.7 Å². The molecule has 0 saturated carbocycles. The van der Waals surface area contributed by atoms with Gasteiger partial charge in [-0.25, -0.2) is 0 Å². The molecule has 1 rings (SSSR count). The van der Waals surface area contributed by atoms with Crippen molar-refractivity contribution < 1.29 is 14.2 Å². The molecule has 0 spiro atoms. The van der Waals surface area contributed by atoms with Crippen molar-refractivity contribution in [1.82, 2.24) is 5.32 Å². The lowest BCUT2D eigenvalue weighted by atomic mass is 10.0. The van der Waals surface area contributed by atoms with Crippen molar-refractivity contribution in [3.05, 3.63) is 12.2 Å². The average molecular weight is 285 g/mol. The van der Waals surface area contributed by atoms with Crippen LogP contribution < -0.4 is 5.32 Å². The SMILES string of the molecule is CCCCOCCOCCOCCNC1CC=CCC1. The third-order valence-electron chi connectivity index (χ3n) is 3.33. The Morgan fingerprint density at radius 2 is 1.65 bits per heavy atom. The topological polar surface area (TPSA) is 39.7 Å². The van der Waals surface area contributed by atoms with Crippen LogP contribution in [0.2, 0.25) is 0 Å². The maximum absolute atomic E-state index is 5.52. The molecule has 0 aliphatic heterocycles. The Labute approximate surface area is 123 Å². The van der Waals surface area contributed by atoms with Gasteiger partial charge in [-0.2, -0.15) is 0 Å². The van der Waals surface area contributed by atoms with Crippen LogP contribution in [0.3, 0.4) is 0 Å². The molecular weight excluding hydrogens is 254 g/mol. The minimum absolute atomic E-state index is 0.639. The van der Waals surface area contributed by atoms with Crippen molar-refractivity contribution >= 4 is 0 Å².